The Morgan fingerprint density at radius 1 is 0.539 bits per heavy atom. The van der Waals surface area contributed by atoms with Gasteiger partial charge >= 0.3 is 5.97 Å². The van der Waals surface area contributed by atoms with E-state index in [1.165, 1.54) is 16.7 Å². The van der Waals surface area contributed by atoms with Gasteiger partial charge in [0.25, 0.3) is 23.6 Å². The first-order valence-corrected chi connectivity index (χ1v) is 34.0. The molecule has 0 aliphatic carbocycles. The number of methoxy groups -OCH3 is 4. The van der Waals surface area contributed by atoms with Gasteiger partial charge in [-0.05, 0) is 114 Å². The van der Waals surface area contributed by atoms with E-state index in [0.29, 0.717) is 122 Å². The molecule has 0 spiro atoms. The molecule has 0 N–H and O–H groups in total. The highest BCUT2D eigenvalue weighted by Gasteiger charge is 2.60. The van der Waals surface area contributed by atoms with E-state index in [9.17, 15) is 34.5 Å². The Labute approximate surface area is 589 Å². The molecule has 25 heteroatoms. The molecule has 10 aliphatic heterocycles. The number of carbonyl (C=O) groups excluding carboxylic acids is 5. The second kappa shape index (κ2) is 26.3. The summed E-state index contributed by atoms with van der Waals surface area (Å²) in [7, 11) is 10.4. The Bertz CT molecular complexity index is 4590. The second-order valence-corrected chi connectivity index (χ2v) is 27.3. The Kier molecular flexibility index (Phi) is 17.4. The third kappa shape index (κ3) is 10.2. The van der Waals surface area contributed by atoms with Crippen molar-refractivity contribution >= 4 is 29.6 Å². The normalized spacial score (nSPS) is 24.3. The molecule has 2 saturated heterocycles. The van der Waals surface area contributed by atoms with Gasteiger partial charge in [0.15, 0.2) is 59.6 Å². The Morgan fingerprint density at radius 2 is 0.931 bits per heavy atom. The number of fused-ring (bicyclic) bond motifs is 20. The van der Waals surface area contributed by atoms with Gasteiger partial charge in [0, 0.05) is 103 Å². The molecule has 0 saturated carbocycles. The zero-order chi connectivity index (χ0) is 71.6. The number of imide groups is 2. The van der Waals surface area contributed by atoms with Crippen LogP contribution < -0.4 is 47.4 Å². The first kappa shape index (κ1) is 67.6. The van der Waals surface area contributed by atoms with Crippen molar-refractivity contribution in [1.29, 1.82) is 10.5 Å². The Morgan fingerprint density at radius 3 is 1.30 bits per heavy atom. The quantitative estimate of drug-likeness (QED) is 0.0288. The molecule has 6 aromatic carbocycles. The van der Waals surface area contributed by atoms with Crippen LogP contribution in [-0.2, 0) is 40.0 Å². The number of ether oxygens (including phenoxy) is 12. The molecule has 6 aromatic rings. The van der Waals surface area contributed by atoms with Crippen molar-refractivity contribution in [1.82, 2.24) is 29.4 Å². The van der Waals surface area contributed by atoms with Crippen molar-refractivity contribution in [2.75, 3.05) is 89.4 Å². The molecule has 16 rings (SSSR count). The third-order valence-electron chi connectivity index (χ3n) is 22.2. The molecule has 0 aromatic heterocycles. The van der Waals surface area contributed by atoms with Gasteiger partial charge in [-0.15, -0.1) is 0 Å². The molecule has 0 radical (unpaired) electrons. The highest BCUT2D eigenvalue weighted by Crippen LogP contribution is 2.62. The van der Waals surface area contributed by atoms with Crippen LogP contribution in [0.4, 0.5) is 0 Å². The summed E-state index contributed by atoms with van der Waals surface area (Å²) in [6.45, 7) is 13.1. The van der Waals surface area contributed by atoms with Gasteiger partial charge in [-0.1, -0.05) is 49.1 Å². The monoisotopic (exact) mass is 1390 g/mol. The molecule has 528 valence electrons. The van der Waals surface area contributed by atoms with Crippen molar-refractivity contribution in [3.8, 4) is 69.6 Å². The van der Waals surface area contributed by atoms with Crippen LogP contribution in [-0.4, -0.2) is 185 Å². The van der Waals surface area contributed by atoms with Gasteiger partial charge in [-0.3, -0.25) is 53.4 Å². The van der Waals surface area contributed by atoms with Crippen LogP contribution in [0.5, 0.6) is 57.5 Å². The van der Waals surface area contributed by atoms with Gasteiger partial charge in [-0.25, -0.2) is 0 Å². The molecule has 2 fully saturated rings. The predicted octanol–water partition coefficient (Wildman–Crippen LogP) is 8.67. The number of likely N-dealkylation sites (N-methyl/N-ethyl adjacent to an activating group) is 2. The van der Waals surface area contributed by atoms with Crippen LogP contribution >= 0.6 is 0 Å². The minimum Gasteiger partial charge on any atom is -0.493 e. The zero-order valence-electron chi connectivity index (χ0n) is 58.6. The number of hydrogen-bond donors (Lipinski definition) is 0. The van der Waals surface area contributed by atoms with Crippen LogP contribution in [0.2, 0.25) is 0 Å². The first-order chi connectivity index (χ1) is 49.4. The van der Waals surface area contributed by atoms with Gasteiger partial charge in [-0.2, -0.15) is 10.5 Å². The van der Waals surface area contributed by atoms with E-state index in [4.69, 9.17) is 56.8 Å². The SMILES string of the molecule is C=CCOc1c(C)c2c(c3c1C[C@H]1[C@H]4c5c(cc(C)c(OC)c5OCOC)C[C@@H]([C@H](C#N)N1[C@H]3CN1C(=O)c3ccccc3C1=O)N4C)OCO2.COCOc1c(OC)c(C)cc2c1[C@@H]1[C@@H]3Cc4c(OC(C)=O)c(C)c5c(c4[C@H](CN4C(=O)c6ccccc6C4=O)N3[C@@H](C#N)[C@H](C2)N1C)OCO5. The highest BCUT2D eigenvalue weighted by molar-refractivity contribution is 6.22. The number of esters is 1. The van der Waals surface area contributed by atoms with Gasteiger partial charge in [0.05, 0.1) is 72.8 Å². The maximum Gasteiger partial charge on any atom is 0.308 e. The summed E-state index contributed by atoms with van der Waals surface area (Å²) in [5.74, 6) is 3.30. The Balaban J connectivity index is 0.000000165. The summed E-state index contributed by atoms with van der Waals surface area (Å²) in [4.78, 5) is 79.8. The number of carbonyl (C=O) groups is 5. The summed E-state index contributed by atoms with van der Waals surface area (Å²) in [6.07, 6.45) is 3.61. The molecule has 102 heavy (non-hydrogen) atoms. The average Bonchev–Trinajstić information content (AvgIpc) is 0.841. The highest BCUT2D eigenvalue weighted by atomic mass is 16.7. The molecule has 10 atom stereocenters. The van der Waals surface area contributed by atoms with E-state index >= 15 is 0 Å². The lowest BCUT2D eigenvalue weighted by atomic mass is 9.71. The van der Waals surface area contributed by atoms with Gasteiger partial charge in [0.1, 0.15) is 30.2 Å². The zero-order valence-corrected chi connectivity index (χ0v) is 58.6. The number of nitriles is 2. The van der Waals surface area contributed by atoms with E-state index in [2.05, 4.69) is 57.5 Å². The standard InChI is InChI=1S/C39H40N4O8.C38H38N4O9/c1-7-12-48-34-21(3)35-37(51-19-50-35)31-25(34)15-27-32-30-22(13-20(2)33(47-6)36(30)49-18-46-5)14-26(41(32)4)28(16-40)43(27)29(31)17-42-38(44)23-10-8-9-11-24(23)39(42)45;1-18-11-21-12-25-27(14-39)42-26(31(40(25)4)29(21)35(32(18)47-6)48-16-46-5)13-24-30(36-34(49-17-50-36)19(2)33(24)51-20(3)43)28(42)15-41-37(44)22-9-7-8-10-23(22)38(41)45/h7-11,13,26-29,32H,1,12,14-15,17-19H2,2-6H3;7-11,25-28,31H,12-13,15-17H2,1-6H3/t26-,27-,28-,29-,32-;25-,26-,27-,28-,31-/m00/s1. The maximum atomic E-state index is 13.9. The van der Waals surface area contributed by atoms with Crippen molar-refractivity contribution in [3.05, 3.63) is 162 Å². The van der Waals surface area contributed by atoms with Crippen LogP contribution in [0, 0.1) is 50.4 Å². The minimum absolute atomic E-state index is 0.00590. The van der Waals surface area contributed by atoms with Crippen LogP contribution in [0.3, 0.4) is 0 Å². The van der Waals surface area contributed by atoms with Crippen LogP contribution in [0.1, 0.15) is 139 Å². The Hall–Kier alpha value is -10.3. The maximum absolute atomic E-state index is 13.9. The fourth-order valence-corrected chi connectivity index (χ4v) is 18.3. The average molecular weight is 1390 g/mol. The number of rotatable bonds is 16. The van der Waals surface area contributed by atoms with E-state index in [0.717, 1.165) is 50.1 Å². The van der Waals surface area contributed by atoms with Crippen LogP contribution in [0.25, 0.3) is 0 Å². The number of aryl methyl sites for hydroxylation is 2. The van der Waals surface area contributed by atoms with Crippen molar-refractivity contribution in [2.24, 2.45) is 0 Å². The second-order valence-electron chi connectivity index (χ2n) is 27.3. The lowest BCUT2D eigenvalue weighted by Gasteiger charge is -2.60. The predicted molar refractivity (Wildman–Crippen MR) is 365 cm³/mol. The number of piperazine rings is 2. The summed E-state index contributed by atoms with van der Waals surface area (Å²) in [6, 6.07) is 18.7. The van der Waals surface area contributed by atoms with Crippen molar-refractivity contribution in [2.45, 2.75) is 121 Å². The fraction of sp³-hybridized carbons (Fsp3) is 0.416. The summed E-state index contributed by atoms with van der Waals surface area (Å²) >= 11 is 0. The first-order valence-electron chi connectivity index (χ1n) is 34.0. The summed E-state index contributed by atoms with van der Waals surface area (Å²) < 4.78 is 71.9. The molecular weight excluding hydrogens is 1310 g/mol. The van der Waals surface area contributed by atoms with E-state index in [-0.39, 0.29) is 88.9 Å². The molecule has 10 aliphatic rings. The molecule has 10 heterocycles. The third-order valence-corrected chi connectivity index (χ3v) is 22.2. The molecular formula is C77H78N8O17. The largest absolute Gasteiger partial charge is 0.493 e. The summed E-state index contributed by atoms with van der Waals surface area (Å²) in [5.41, 5.74) is 11.6. The summed E-state index contributed by atoms with van der Waals surface area (Å²) in [5, 5.41) is 22.1. The van der Waals surface area contributed by atoms with E-state index < -0.39 is 48.0 Å². The molecule has 25 nitrogen and oxygen atoms in total. The molecule has 0 unspecified atom stereocenters. The van der Waals surface area contributed by atoms with Crippen LogP contribution in [0.15, 0.2) is 73.3 Å². The number of nitrogens with zero attached hydrogens (tertiary/aromatic N) is 8. The topological polar surface area (TPSA) is 263 Å². The van der Waals surface area contributed by atoms with Gasteiger partial charge < -0.3 is 56.8 Å². The number of amides is 4. The lowest BCUT2D eigenvalue weighted by Crippen LogP contribution is -2.69. The number of benzene rings is 6. The van der Waals surface area contributed by atoms with Gasteiger partial charge in [0.2, 0.25) is 13.6 Å². The smallest absolute Gasteiger partial charge is 0.308 e. The molecule has 4 amide bonds. The lowest BCUT2D eigenvalue weighted by molar-refractivity contribution is -0.132. The minimum atomic E-state index is -0.730. The van der Waals surface area contributed by atoms with E-state index in [1.807, 2.05) is 34.7 Å². The van der Waals surface area contributed by atoms with E-state index in [1.54, 1.807) is 83.0 Å². The van der Waals surface area contributed by atoms with Crippen molar-refractivity contribution in [3.63, 3.8) is 0 Å². The van der Waals surface area contributed by atoms with Crippen molar-refractivity contribution < 1.29 is 80.8 Å². The fourth-order valence-electron chi connectivity index (χ4n) is 18.3. The molecule has 4 bridgehead atoms. The number of hydrogen-bond acceptors (Lipinski definition) is 23.